The molecule has 0 spiro atoms. The number of benzene rings is 2. The van der Waals surface area contributed by atoms with Crippen molar-refractivity contribution < 1.29 is 19.1 Å². The first kappa shape index (κ1) is 25.4. The number of nitrogens with zero attached hydrogens (tertiary/aromatic N) is 3. The average molecular weight is 504 g/mol. The van der Waals surface area contributed by atoms with E-state index in [-0.39, 0.29) is 24.1 Å². The zero-order chi connectivity index (χ0) is 24.7. The van der Waals surface area contributed by atoms with Crippen LogP contribution in [0.4, 0.5) is 5.69 Å². The summed E-state index contributed by atoms with van der Waals surface area (Å²) in [6.45, 7) is 4.61. The van der Waals surface area contributed by atoms with E-state index >= 15 is 0 Å². The summed E-state index contributed by atoms with van der Waals surface area (Å²) in [4.78, 5) is 25.0. The monoisotopic (exact) mass is 503 g/mol. The molecule has 11 heteroatoms. The Hall–Kier alpha value is -3.24. The van der Waals surface area contributed by atoms with Crippen molar-refractivity contribution in [3.05, 3.63) is 58.4 Å². The summed E-state index contributed by atoms with van der Waals surface area (Å²) >= 11 is 7.24. The number of halogens is 1. The van der Waals surface area contributed by atoms with Crippen molar-refractivity contribution in [3.8, 4) is 11.5 Å². The van der Waals surface area contributed by atoms with E-state index in [0.29, 0.717) is 45.3 Å². The predicted octanol–water partition coefficient (Wildman–Crippen LogP) is 3.94. The van der Waals surface area contributed by atoms with Crippen LogP contribution in [-0.4, -0.2) is 46.6 Å². The zero-order valence-corrected chi connectivity index (χ0v) is 20.9. The Morgan fingerprint density at radius 1 is 1.09 bits per heavy atom. The summed E-state index contributed by atoms with van der Waals surface area (Å²) in [5.74, 6) is 1.33. The molecule has 0 fully saturated rings. The van der Waals surface area contributed by atoms with Crippen molar-refractivity contribution in [3.63, 3.8) is 0 Å². The van der Waals surface area contributed by atoms with E-state index in [1.165, 1.54) is 26.0 Å². The van der Waals surface area contributed by atoms with Crippen LogP contribution in [0.5, 0.6) is 11.5 Å². The number of nitrogens with one attached hydrogen (secondary N) is 2. The second-order valence-corrected chi connectivity index (χ2v) is 8.57. The minimum absolute atomic E-state index is 0.163. The highest BCUT2D eigenvalue weighted by molar-refractivity contribution is 7.99. The van der Waals surface area contributed by atoms with Crippen LogP contribution in [0, 0.1) is 6.92 Å². The molecule has 0 atom stereocenters. The first-order valence-corrected chi connectivity index (χ1v) is 11.8. The minimum Gasteiger partial charge on any atom is -0.493 e. The van der Waals surface area contributed by atoms with Gasteiger partial charge in [-0.05, 0) is 55.8 Å². The molecule has 2 amide bonds. The van der Waals surface area contributed by atoms with Gasteiger partial charge in [0.2, 0.25) is 5.91 Å². The van der Waals surface area contributed by atoms with Gasteiger partial charge in [0.05, 0.1) is 26.5 Å². The van der Waals surface area contributed by atoms with Crippen LogP contribution in [-0.2, 0) is 17.9 Å². The Balaban J connectivity index is 1.59. The van der Waals surface area contributed by atoms with Gasteiger partial charge in [0, 0.05) is 22.8 Å². The smallest absolute Gasteiger partial charge is 0.251 e. The largest absolute Gasteiger partial charge is 0.493 e. The number of thioether (sulfide) groups is 1. The Morgan fingerprint density at radius 2 is 1.85 bits per heavy atom. The van der Waals surface area contributed by atoms with Gasteiger partial charge >= 0.3 is 0 Å². The van der Waals surface area contributed by atoms with Crippen LogP contribution in [0.2, 0.25) is 5.02 Å². The van der Waals surface area contributed by atoms with Crippen molar-refractivity contribution in [2.75, 3.05) is 25.3 Å². The highest BCUT2D eigenvalue weighted by atomic mass is 35.5. The molecule has 0 radical (unpaired) electrons. The molecule has 180 valence electrons. The highest BCUT2D eigenvalue weighted by Crippen LogP contribution is 2.27. The van der Waals surface area contributed by atoms with Gasteiger partial charge in [0.25, 0.3) is 5.91 Å². The van der Waals surface area contributed by atoms with E-state index in [1.54, 1.807) is 36.4 Å². The number of amides is 2. The second kappa shape index (κ2) is 11.8. The Labute approximate surface area is 207 Å². The number of aryl methyl sites for hydroxylation is 1. The number of carbonyl (C=O) groups is 2. The van der Waals surface area contributed by atoms with Crippen molar-refractivity contribution in [1.29, 1.82) is 0 Å². The van der Waals surface area contributed by atoms with Gasteiger partial charge in [-0.25, -0.2) is 0 Å². The fourth-order valence-electron chi connectivity index (χ4n) is 3.20. The maximum Gasteiger partial charge on any atom is 0.251 e. The molecule has 34 heavy (non-hydrogen) atoms. The van der Waals surface area contributed by atoms with E-state index in [0.717, 1.165) is 5.56 Å². The predicted molar refractivity (Wildman–Crippen MR) is 132 cm³/mol. The third kappa shape index (κ3) is 6.21. The number of anilines is 1. The van der Waals surface area contributed by atoms with Gasteiger partial charge in [0.15, 0.2) is 22.5 Å². The van der Waals surface area contributed by atoms with Crippen LogP contribution in [0.15, 0.2) is 41.6 Å². The summed E-state index contributed by atoms with van der Waals surface area (Å²) in [6.07, 6.45) is 0. The molecule has 0 bridgehead atoms. The standard InChI is InChI=1S/C23H26ClN5O4S/c1-5-29-20(12-25-22(31)15-6-9-18(32-3)19(11-15)33-4)27-28-23(29)34-13-21(30)26-17-8-7-16(24)10-14(17)2/h6-11H,5,12-13H2,1-4H3,(H,25,31)(H,26,30). The van der Waals surface area contributed by atoms with Crippen molar-refractivity contribution in [2.45, 2.75) is 32.1 Å². The lowest BCUT2D eigenvalue weighted by Crippen LogP contribution is -2.25. The van der Waals surface area contributed by atoms with Crippen LogP contribution < -0.4 is 20.1 Å². The number of rotatable bonds is 10. The third-order valence-corrected chi connectivity index (χ3v) is 6.16. The molecular weight excluding hydrogens is 478 g/mol. The molecule has 0 aliphatic heterocycles. The van der Waals surface area contributed by atoms with Crippen LogP contribution >= 0.6 is 23.4 Å². The van der Waals surface area contributed by atoms with Gasteiger partial charge in [-0.2, -0.15) is 0 Å². The molecule has 9 nitrogen and oxygen atoms in total. The molecule has 3 rings (SSSR count). The summed E-state index contributed by atoms with van der Waals surface area (Å²) < 4.78 is 12.3. The lowest BCUT2D eigenvalue weighted by atomic mass is 10.2. The first-order chi connectivity index (χ1) is 16.4. The van der Waals surface area contributed by atoms with Crippen molar-refractivity contribution >= 4 is 40.9 Å². The van der Waals surface area contributed by atoms with E-state index in [9.17, 15) is 9.59 Å². The first-order valence-electron chi connectivity index (χ1n) is 10.5. The van der Waals surface area contributed by atoms with E-state index in [4.69, 9.17) is 21.1 Å². The Bertz CT molecular complexity index is 1180. The van der Waals surface area contributed by atoms with Gasteiger partial charge < -0.3 is 24.7 Å². The van der Waals surface area contributed by atoms with E-state index in [2.05, 4.69) is 20.8 Å². The summed E-state index contributed by atoms with van der Waals surface area (Å²) in [5.41, 5.74) is 2.03. The normalized spacial score (nSPS) is 10.6. The minimum atomic E-state index is -0.279. The quantitative estimate of drug-likeness (QED) is 0.403. The molecule has 0 saturated heterocycles. The summed E-state index contributed by atoms with van der Waals surface area (Å²) in [6, 6.07) is 10.2. The molecule has 0 aliphatic carbocycles. The van der Waals surface area contributed by atoms with Gasteiger partial charge in [-0.15, -0.1) is 10.2 Å². The number of hydrogen-bond acceptors (Lipinski definition) is 7. The number of aromatic nitrogens is 3. The molecular formula is C23H26ClN5O4S. The maximum atomic E-state index is 12.6. The number of ether oxygens (including phenoxy) is 2. The molecule has 0 unspecified atom stereocenters. The van der Waals surface area contributed by atoms with Crippen molar-refractivity contribution in [1.82, 2.24) is 20.1 Å². The fraction of sp³-hybridized carbons (Fsp3) is 0.304. The maximum absolute atomic E-state index is 12.6. The van der Waals surface area contributed by atoms with Gasteiger partial charge in [-0.3, -0.25) is 9.59 Å². The number of hydrogen-bond donors (Lipinski definition) is 2. The number of carbonyl (C=O) groups excluding carboxylic acids is 2. The van der Waals surface area contributed by atoms with Gasteiger partial charge in [0.1, 0.15) is 0 Å². The van der Waals surface area contributed by atoms with Gasteiger partial charge in [-0.1, -0.05) is 23.4 Å². The number of methoxy groups -OCH3 is 2. The molecule has 1 heterocycles. The fourth-order valence-corrected chi connectivity index (χ4v) is 4.24. The SMILES string of the molecule is CCn1c(CNC(=O)c2ccc(OC)c(OC)c2)nnc1SCC(=O)Nc1ccc(Cl)cc1C. The molecule has 2 N–H and O–H groups in total. The molecule has 1 aromatic heterocycles. The van der Waals surface area contributed by atoms with Crippen LogP contribution in [0.25, 0.3) is 0 Å². The lowest BCUT2D eigenvalue weighted by molar-refractivity contribution is -0.113. The topological polar surface area (TPSA) is 107 Å². The lowest BCUT2D eigenvalue weighted by Gasteiger charge is -2.11. The summed E-state index contributed by atoms with van der Waals surface area (Å²) in [7, 11) is 3.05. The molecule has 0 saturated carbocycles. The second-order valence-electron chi connectivity index (χ2n) is 7.19. The average Bonchev–Trinajstić information content (AvgIpc) is 3.24. The summed E-state index contributed by atoms with van der Waals surface area (Å²) in [5, 5.41) is 15.3. The third-order valence-electron chi connectivity index (χ3n) is 4.96. The highest BCUT2D eigenvalue weighted by Gasteiger charge is 2.16. The molecule has 3 aromatic rings. The molecule has 0 aliphatic rings. The van der Waals surface area contributed by atoms with Crippen molar-refractivity contribution in [2.24, 2.45) is 0 Å². The van der Waals surface area contributed by atoms with E-state index < -0.39 is 0 Å². The zero-order valence-electron chi connectivity index (χ0n) is 19.3. The Kier molecular flexibility index (Phi) is 8.78. The van der Waals surface area contributed by atoms with Crippen LogP contribution in [0.3, 0.4) is 0 Å². The Morgan fingerprint density at radius 3 is 2.53 bits per heavy atom. The van der Waals surface area contributed by atoms with Crippen LogP contribution in [0.1, 0.15) is 28.7 Å². The van der Waals surface area contributed by atoms with E-state index in [1.807, 2.05) is 18.4 Å². The molecule has 2 aromatic carbocycles.